The van der Waals surface area contributed by atoms with Gasteiger partial charge < -0.3 is 14.2 Å². The van der Waals surface area contributed by atoms with Crippen molar-refractivity contribution in [2.24, 2.45) is 0 Å². The third-order valence-electron chi connectivity index (χ3n) is 9.40. The van der Waals surface area contributed by atoms with E-state index in [-0.39, 0.29) is 38.0 Å². The van der Waals surface area contributed by atoms with Crippen LogP contribution >= 0.6 is 0 Å². The Morgan fingerprint density at radius 2 is 0.754 bits per heavy atom. The summed E-state index contributed by atoms with van der Waals surface area (Å²) in [6, 6.07) is 0. The number of carbonyl (C=O) groups excluding carboxylic acids is 3. The van der Waals surface area contributed by atoms with Gasteiger partial charge in [0.15, 0.2) is 6.10 Å². The zero-order chi connectivity index (χ0) is 41.5. The lowest BCUT2D eigenvalue weighted by molar-refractivity contribution is -0.166. The van der Waals surface area contributed by atoms with Crippen molar-refractivity contribution in [3.63, 3.8) is 0 Å². The molecule has 0 N–H and O–H groups in total. The van der Waals surface area contributed by atoms with Gasteiger partial charge in [-0.15, -0.1) is 0 Å². The SMILES string of the molecule is CC/C=C\C/C=C\C/C=C\CCCCCCC(=O)OC(COC(=O)C/C=C\C/C=C\C/C=C\CC)COC(=O)CCCCCCC/C=C\CCCCCCCCC. The number of allylic oxidation sites excluding steroid dienone is 13. The molecule has 6 nitrogen and oxygen atoms in total. The van der Waals surface area contributed by atoms with Crippen LogP contribution in [-0.4, -0.2) is 37.2 Å². The number of carbonyl (C=O) groups is 3. The maximum atomic E-state index is 12.7. The fourth-order valence-corrected chi connectivity index (χ4v) is 5.98. The highest BCUT2D eigenvalue weighted by molar-refractivity contribution is 5.72. The van der Waals surface area contributed by atoms with E-state index in [9.17, 15) is 14.4 Å². The molecule has 0 bridgehead atoms. The molecular formula is C51H84O6. The monoisotopic (exact) mass is 793 g/mol. The first kappa shape index (κ1) is 53.6. The standard InChI is InChI=1S/C51H84O6/c1-4-7-10-13-16-19-21-23-25-26-28-29-32-35-38-41-44-50(53)56-47-48(46-55-49(52)43-40-37-34-31-18-15-12-9-6-3)57-51(54)45-42-39-36-33-30-27-24-22-20-17-14-11-8-5-2/h8-9,11-12,17-18,20,24-27,31,37,40,48H,4-7,10,13-16,19,21-23,28-30,32-36,38-39,41-47H2,1-3H3/b11-8-,12-9-,20-17-,26-25-,27-24-,31-18-,40-37-. The number of esters is 3. The molecule has 57 heavy (non-hydrogen) atoms. The highest BCUT2D eigenvalue weighted by Gasteiger charge is 2.19. The molecule has 0 aliphatic carbocycles. The van der Waals surface area contributed by atoms with E-state index in [0.717, 1.165) is 103 Å². The van der Waals surface area contributed by atoms with Gasteiger partial charge in [-0.2, -0.15) is 0 Å². The van der Waals surface area contributed by atoms with Gasteiger partial charge in [0.05, 0.1) is 6.42 Å². The normalized spacial score (nSPS) is 12.8. The summed E-state index contributed by atoms with van der Waals surface area (Å²) in [5.41, 5.74) is 0. The minimum atomic E-state index is -0.825. The largest absolute Gasteiger partial charge is 0.462 e. The van der Waals surface area contributed by atoms with Crippen LogP contribution in [0, 0.1) is 0 Å². The van der Waals surface area contributed by atoms with Crippen molar-refractivity contribution in [1.29, 1.82) is 0 Å². The smallest absolute Gasteiger partial charge is 0.309 e. The fraction of sp³-hybridized carbons (Fsp3) is 0.667. The molecule has 0 radical (unpaired) electrons. The number of unbranched alkanes of at least 4 members (excludes halogenated alkanes) is 16. The highest BCUT2D eigenvalue weighted by Crippen LogP contribution is 2.12. The third kappa shape index (κ3) is 43.6. The van der Waals surface area contributed by atoms with Crippen LogP contribution in [0.1, 0.15) is 201 Å². The van der Waals surface area contributed by atoms with Gasteiger partial charge in [-0.1, -0.05) is 176 Å². The summed E-state index contributed by atoms with van der Waals surface area (Å²) < 4.78 is 16.6. The van der Waals surface area contributed by atoms with Crippen LogP contribution in [0.5, 0.6) is 0 Å². The van der Waals surface area contributed by atoms with E-state index in [2.05, 4.69) is 93.7 Å². The molecule has 1 unspecified atom stereocenters. The van der Waals surface area contributed by atoms with Crippen LogP contribution in [0.3, 0.4) is 0 Å². The Kier molecular flexibility index (Phi) is 42.6. The second-order valence-corrected chi connectivity index (χ2v) is 14.9. The maximum absolute atomic E-state index is 12.7. The van der Waals surface area contributed by atoms with Crippen LogP contribution in [-0.2, 0) is 28.6 Å². The number of hydrogen-bond donors (Lipinski definition) is 0. The average Bonchev–Trinajstić information content (AvgIpc) is 3.21. The Balaban J connectivity index is 4.46. The van der Waals surface area contributed by atoms with Gasteiger partial charge in [0.2, 0.25) is 0 Å². The van der Waals surface area contributed by atoms with Gasteiger partial charge in [0.1, 0.15) is 13.2 Å². The lowest BCUT2D eigenvalue weighted by atomic mass is 10.1. The zero-order valence-corrected chi connectivity index (χ0v) is 36.8. The van der Waals surface area contributed by atoms with Gasteiger partial charge in [0, 0.05) is 12.8 Å². The second-order valence-electron chi connectivity index (χ2n) is 14.9. The third-order valence-corrected chi connectivity index (χ3v) is 9.40. The summed E-state index contributed by atoms with van der Waals surface area (Å²) in [7, 11) is 0. The first-order valence-corrected chi connectivity index (χ1v) is 23.1. The quantitative estimate of drug-likeness (QED) is 0.0266. The Morgan fingerprint density at radius 3 is 1.25 bits per heavy atom. The lowest BCUT2D eigenvalue weighted by Crippen LogP contribution is -2.30. The van der Waals surface area contributed by atoms with Gasteiger partial charge in [0.25, 0.3) is 0 Å². The predicted molar refractivity (Wildman–Crippen MR) is 242 cm³/mol. The van der Waals surface area contributed by atoms with Crippen molar-refractivity contribution >= 4 is 17.9 Å². The Morgan fingerprint density at radius 1 is 0.386 bits per heavy atom. The first-order valence-electron chi connectivity index (χ1n) is 23.1. The van der Waals surface area contributed by atoms with Crippen molar-refractivity contribution < 1.29 is 28.6 Å². The fourth-order valence-electron chi connectivity index (χ4n) is 5.98. The highest BCUT2D eigenvalue weighted by atomic mass is 16.6. The lowest BCUT2D eigenvalue weighted by Gasteiger charge is -2.18. The van der Waals surface area contributed by atoms with Gasteiger partial charge in [-0.3, -0.25) is 14.4 Å². The van der Waals surface area contributed by atoms with Crippen molar-refractivity contribution in [2.75, 3.05) is 13.2 Å². The van der Waals surface area contributed by atoms with Crippen LogP contribution in [0.2, 0.25) is 0 Å². The Hall–Kier alpha value is -3.41. The summed E-state index contributed by atoms with van der Waals surface area (Å²) in [5, 5.41) is 0. The molecule has 0 aromatic rings. The summed E-state index contributed by atoms with van der Waals surface area (Å²) in [4.78, 5) is 37.6. The molecule has 1 atom stereocenters. The zero-order valence-electron chi connectivity index (χ0n) is 36.8. The molecule has 0 aromatic carbocycles. The maximum Gasteiger partial charge on any atom is 0.309 e. The van der Waals surface area contributed by atoms with Crippen LogP contribution in [0.4, 0.5) is 0 Å². The van der Waals surface area contributed by atoms with Gasteiger partial charge in [-0.25, -0.2) is 0 Å². The second kappa shape index (κ2) is 45.3. The summed E-state index contributed by atoms with van der Waals surface area (Å²) in [6.07, 6.45) is 57.5. The molecule has 6 heteroatoms. The van der Waals surface area contributed by atoms with E-state index < -0.39 is 12.1 Å². The van der Waals surface area contributed by atoms with E-state index in [1.54, 1.807) is 6.08 Å². The van der Waals surface area contributed by atoms with E-state index in [1.807, 2.05) is 6.08 Å². The first-order chi connectivity index (χ1) is 28.0. The predicted octanol–water partition coefficient (Wildman–Crippen LogP) is 14.9. The Bertz CT molecular complexity index is 1140. The van der Waals surface area contributed by atoms with Crippen LogP contribution in [0.25, 0.3) is 0 Å². The molecular weight excluding hydrogens is 709 g/mol. The molecule has 0 spiro atoms. The molecule has 0 heterocycles. The van der Waals surface area contributed by atoms with Crippen molar-refractivity contribution in [2.45, 2.75) is 207 Å². The van der Waals surface area contributed by atoms with Crippen LogP contribution < -0.4 is 0 Å². The molecule has 324 valence electrons. The molecule has 0 fully saturated rings. The molecule has 0 rings (SSSR count). The minimum Gasteiger partial charge on any atom is -0.462 e. The van der Waals surface area contributed by atoms with E-state index in [4.69, 9.17) is 14.2 Å². The number of ether oxygens (including phenoxy) is 3. The molecule has 0 aromatic heterocycles. The molecule has 0 aliphatic heterocycles. The topological polar surface area (TPSA) is 78.9 Å². The summed E-state index contributed by atoms with van der Waals surface area (Å²) >= 11 is 0. The van der Waals surface area contributed by atoms with E-state index in [1.165, 1.54) is 57.8 Å². The van der Waals surface area contributed by atoms with Crippen molar-refractivity contribution in [1.82, 2.24) is 0 Å². The van der Waals surface area contributed by atoms with Gasteiger partial charge in [-0.05, 0) is 89.9 Å². The Labute approximate surface area is 350 Å². The van der Waals surface area contributed by atoms with Gasteiger partial charge >= 0.3 is 17.9 Å². The minimum absolute atomic E-state index is 0.118. The molecule has 0 saturated heterocycles. The molecule has 0 saturated carbocycles. The van der Waals surface area contributed by atoms with Crippen molar-refractivity contribution in [3.8, 4) is 0 Å². The molecule has 0 amide bonds. The summed E-state index contributed by atoms with van der Waals surface area (Å²) in [5.74, 6) is -1.09. The molecule has 0 aliphatic rings. The van der Waals surface area contributed by atoms with Crippen molar-refractivity contribution in [3.05, 3.63) is 85.1 Å². The van der Waals surface area contributed by atoms with E-state index >= 15 is 0 Å². The number of rotatable bonds is 40. The van der Waals surface area contributed by atoms with E-state index in [0.29, 0.717) is 6.42 Å². The number of hydrogen-bond acceptors (Lipinski definition) is 6. The van der Waals surface area contributed by atoms with Crippen LogP contribution in [0.15, 0.2) is 85.1 Å². The average molecular weight is 793 g/mol. The summed E-state index contributed by atoms with van der Waals surface area (Å²) in [6.45, 7) is 6.26.